The second kappa shape index (κ2) is 4.31. The van der Waals surface area contributed by atoms with Crippen LogP contribution in [0.1, 0.15) is 12.7 Å². The molecule has 1 aromatic heterocycles. The molecule has 1 aliphatic heterocycles. The number of aromatic nitrogens is 3. The first kappa shape index (κ1) is 9.98. The summed E-state index contributed by atoms with van der Waals surface area (Å²) in [6.45, 7) is 2.98. The minimum atomic E-state index is 0.335. The fourth-order valence-corrected chi connectivity index (χ4v) is 3.12. The Hall–Kier alpha value is -0.550. The summed E-state index contributed by atoms with van der Waals surface area (Å²) in [4.78, 5) is 4.27. The Morgan fingerprint density at radius 2 is 2.50 bits per heavy atom. The van der Waals surface area contributed by atoms with Gasteiger partial charge in [0.05, 0.1) is 0 Å². The van der Waals surface area contributed by atoms with Gasteiger partial charge in [-0.2, -0.15) is 16.9 Å². The molecule has 2 heterocycles. The van der Waals surface area contributed by atoms with Crippen molar-refractivity contribution in [1.29, 1.82) is 0 Å². The quantitative estimate of drug-likeness (QED) is 0.794. The molecule has 2 unspecified atom stereocenters. The number of rotatable bonds is 3. The van der Waals surface area contributed by atoms with Crippen LogP contribution in [0.25, 0.3) is 0 Å². The molecule has 5 heteroatoms. The fraction of sp³-hybridized carbons (Fsp3) is 0.778. The lowest BCUT2D eigenvalue weighted by Crippen LogP contribution is -2.30. The molecule has 1 fully saturated rings. The Morgan fingerprint density at radius 3 is 3.14 bits per heavy atom. The van der Waals surface area contributed by atoms with Crippen molar-refractivity contribution < 1.29 is 0 Å². The first-order valence-corrected chi connectivity index (χ1v) is 6.16. The molecule has 2 atom stereocenters. The van der Waals surface area contributed by atoms with Gasteiger partial charge in [-0.1, -0.05) is 0 Å². The lowest BCUT2D eigenvalue weighted by molar-refractivity contribution is 0.481. The molecule has 0 amide bonds. The molecule has 0 spiro atoms. The zero-order valence-corrected chi connectivity index (χ0v) is 9.20. The van der Waals surface area contributed by atoms with Crippen molar-refractivity contribution in [3.05, 3.63) is 12.2 Å². The van der Waals surface area contributed by atoms with E-state index in [1.807, 2.05) is 16.4 Å². The molecule has 0 saturated carbocycles. The standard InChI is InChI=1S/C9H16N4S/c1-2-13-9(11-6-12-13)3-7-4-14-5-8(7)10/h6-8H,2-5,10H2,1H3. The van der Waals surface area contributed by atoms with E-state index in [2.05, 4.69) is 17.0 Å². The largest absolute Gasteiger partial charge is 0.327 e. The number of nitrogens with two attached hydrogens (primary N) is 1. The van der Waals surface area contributed by atoms with Crippen molar-refractivity contribution in [2.24, 2.45) is 11.7 Å². The number of hydrogen-bond acceptors (Lipinski definition) is 4. The monoisotopic (exact) mass is 212 g/mol. The van der Waals surface area contributed by atoms with Gasteiger partial charge in [-0.15, -0.1) is 0 Å². The molecular formula is C9H16N4S. The summed E-state index contributed by atoms with van der Waals surface area (Å²) in [5.74, 6) is 3.91. The lowest BCUT2D eigenvalue weighted by Gasteiger charge is -2.13. The predicted molar refractivity (Wildman–Crippen MR) is 58.2 cm³/mol. The Kier molecular flexibility index (Phi) is 3.08. The normalized spacial score (nSPS) is 27.0. The SMILES string of the molecule is CCn1ncnc1CC1CSCC1N. The van der Waals surface area contributed by atoms with Crippen molar-refractivity contribution in [1.82, 2.24) is 14.8 Å². The summed E-state index contributed by atoms with van der Waals surface area (Å²) in [6.07, 6.45) is 2.61. The third kappa shape index (κ3) is 1.93. The van der Waals surface area contributed by atoms with Crippen LogP contribution in [0.2, 0.25) is 0 Å². The summed E-state index contributed by atoms with van der Waals surface area (Å²) in [7, 11) is 0. The smallest absolute Gasteiger partial charge is 0.138 e. The van der Waals surface area contributed by atoms with E-state index in [1.165, 1.54) is 0 Å². The highest BCUT2D eigenvalue weighted by molar-refractivity contribution is 7.99. The van der Waals surface area contributed by atoms with Crippen molar-refractivity contribution in [3.8, 4) is 0 Å². The van der Waals surface area contributed by atoms with E-state index in [0.29, 0.717) is 12.0 Å². The van der Waals surface area contributed by atoms with E-state index >= 15 is 0 Å². The van der Waals surface area contributed by atoms with E-state index in [0.717, 1.165) is 30.3 Å². The molecule has 1 saturated heterocycles. The van der Waals surface area contributed by atoms with E-state index < -0.39 is 0 Å². The van der Waals surface area contributed by atoms with Crippen LogP contribution < -0.4 is 5.73 Å². The third-order valence-electron chi connectivity index (χ3n) is 2.69. The predicted octanol–water partition coefficient (Wildman–Crippen LogP) is 0.531. The molecule has 0 radical (unpaired) electrons. The number of nitrogens with zero attached hydrogens (tertiary/aromatic N) is 3. The molecule has 2 rings (SSSR count). The van der Waals surface area contributed by atoms with Crippen LogP contribution in [0.4, 0.5) is 0 Å². The molecule has 0 bridgehead atoms. The summed E-state index contributed by atoms with van der Waals surface area (Å²) >= 11 is 1.94. The van der Waals surface area contributed by atoms with Gasteiger partial charge in [-0.25, -0.2) is 4.98 Å². The molecule has 1 aromatic rings. The Bertz CT molecular complexity index is 299. The first-order chi connectivity index (χ1) is 6.81. The summed E-state index contributed by atoms with van der Waals surface area (Å²) in [6, 6.07) is 0.335. The Labute approximate surface area is 88.3 Å². The highest BCUT2D eigenvalue weighted by Gasteiger charge is 2.25. The van der Waals surface area contributed by atoms with Crippen molar-refractivity contribution >= 4 is 11.8 Å². The van der Waals surface area contributed by atoms with Crippen LogP contribution in [0, 0.1) is 5.92 Å². The van der Waals surface area contributed by atoms with Gasteiger partial charge in [0, 0.05) is 24.8 Å². The zero-order valence-electron chi connectivity index (χ0n) is 8.39. The molecule has 2 N–H and O–H groups in total. The average Bonchev–Trinajstić information content (AvgIpc) is 2.77. The number of thioether (sulfide) groups is 1. The molecule has 14 heavy (non-hydrogen) atoms. The maximum Gasteiger partial charge on any atom is 0.138 e. The third-order valence-corrected chi connectivity index (χ3v) is 3.97. The second-order valence-corrected chi connectivity index (χ2v) is 4.73. The van der Waals surface area contributed by atoms with Gasteiger partial charge in [-0.05, 0) is 18.6 Å². The number of hydrogen-bond donors (Lipinski definition) is 1. The Morgan fingerprint density at radius 1 is 1.64 bits per heavy atom. The molecular weight excluding hydrogens is 196 g/mol. The fourth-order valence-electron chi connectivity index (χ4n) is 1.77. The van der Waals surface area contributed by atoms with Gasteiger partial charge in [0.2, 0.25) is 0 Å². The number of aryl methyl sites for hydroxylation is 1. The molecule has 1 aliphatic rings. The van der Waals surface area contributed by atoms with Crippen LogP contribution in [0.15, 0.2) is 6.33 Å². The van der Waals surface area contributed by atoms with Crippen molar-refractivity contribution in [2.75, 3.05) is 11.5 Å². The summed E-state index contributed by atoms with van der Waals surface area (Å²) < 4.78 is 1.95. The lowest BCUT2D eigenvalue weighted by atomic mass is 10.0. The highest BCUT2D eigenvalue weighted by atomic mass is 32.2. The molecule has 0 aromatic carbocycles. The topological polar surface area (TPSA) is 56.7 Å². The molecule has 4 nitrogen and oxygen atoms in total. The van der Waals surface area contributed by atoms with E-state index in [4.69, 9.17) is 5.73 Å². The first-order valence-electron chi connectivity index (χ1n) is 5.01. The summed E-state index contributed by atoms with van der Waals surface area (Å²) in [5, 5.41) is 4.16. The minimum absolute atomic E-state index is 0.335. The second-order valence-electron chi connectivity index (χ2n) is 3.66. The van der Waals surface area contributed by atoms with Crippen LogP contribution in [0.3, 0.4) is 0 Å². The average molecular weight is 212 g/mol. The van der Waals surface area contributed by atoms with Crippen molar-refractivity contribution in [2.45, 2.75) is 25.9 Å². The molecule has 0 aliphatic carbocycles. The van der Waals surface area contributed by atoms with Gasteiger partial charge in [0.25, 0.3) is 0 Å². The maximum absolute atomic E-state index is 6.01. The zero-order chi connectivity index (χ0) is 9.97. The van der Waals surface area contributed by atoms with Gasteiger partial charge in [-0.3, -0.25) is 4.68 Å². The maximum atomic E-state index is 6.01. The Balaban J connectivity index is 2.02. The van der Waals surface area contributed by atoms with Crippen LogP contribution in [-0.4, -0.2) is 32.3 Å². The summed E-state index contributed by atoms with van der Waals surface area (Å²) in [5.41, 5.74) is 6.01. The van der Waals surface area contributed by atoms with Gasteiger partial charge >= 0.3 is 0 Å². The minimum Gasteiger partial charge on any atom is -0.327 e. The van der Waals surface area contributed by atoms with E-state index in [-0.39, 0.29) is 0 Å². The van der Waals surface area contributed by atoms with Gasteiger partial charge in [0.1, 0.15) is 12.2 Å². The van der Waals surface area contributed by atoms with Crippen LogP contribution in [0.5, 0.6) is 0 Å². The van der Waals surface area contributed by atoms with E-state index in [1.54, 1.807) is 6.33 Å². The van der Waals surface area contributed by atoms with E-state index in [9.17, 15) is 0 Å². The highest BCUT2D eigenvalue weighted by Crippen LogP contribution is 2.25. The van der Waals surface area contributed by atoms with Crippen molar-refractivity contribution in [3.63, 3.8) is 0 Å². The van der Waals surface area contributed by atoms with Gasteiger partial charge in [0.15, 0.2) is 0 Å². The van der Waals surface area contributed by atoms with Crippen LogP contribution >= 0.6 is 11.8 Å². The van der Waals surface area contributed by atoms with Crippen LogP contribution in [-0.2, 0) is 13.0 Å². The van der Waals surface area contributed by atoms with Gasteiger partial charge < -0.3 is 5.73 Å². The molecule has 78 valence electrons.